The lowest BCUT2D eigenvalue weighted by Gasteiger charge is -2.32. The van der Waals surface area contributed by atoms with Gasteiger partial charge in [0, 0.05) is 25.9 Å². The maximum atomic E-state index is 11.2. The molecule has 0 aliphatic carbocycles. The molecule has 1 N–H and O–H groups in total. The minimum absolute atomic E-state index is 0.0860. The van der Waals surface area contributed by atoms with Crippen molar-refractivity contribution in [3.63, 3.8) is 0 Å². The summed E-state index contributed by atoms with van der Waals surface area (Å²) < 4.78 is 12.1. The Morgan fingerprint density at radius 2 is 1.77 bits per heavy atom. The molecule has 1 fully saturated rings. The van der Waals surface area contributed by atoms with Crippen LogP contribution in [0.15, 0.2) is 30.0 Å². The monoisotopic (exact) mass is 302 g/mol. The van der Waals surface area contributed by atoms with Crippen molar-refractivity contribution in [2.45, 2.75) is 45.8 Å². The van der Waals surface area contributed by atoms with Crippen LogP contribution in [-0.4, -0.2) is 35.8 Å². The number of carbonyl (C=O) groups is 1. The van der Waals surface area contributed by atoms with Crippen molar-refractivity contribution in [3.05, 3.63) is 35.6 Å². The molecule has 0 spiro atoms. The molecule has 22 heavy (non-hydrogen) atoms. The second-order valence-electron chi connectivity index (χ2n) is 6.50. The number of nitrogens with zero attached hydrogens (tertiary/aromatic N) is 1. The van der Waals surface area contributed by atoms with E-state index in [0.29, 0.717) is 6.54 Å². The van der Waals surface area contributed by atoms with Gasteiger partial charge in [-0.2, -0.15) is 0 Å². The Bertz CT molecular complexity index is 554. The summed E-state index contributed by atoms with van der Waals surface area (Å²) in [6.07, 6.45) is 5.43. The first-order valence-electron chi connectivity index (χ1n) is 7.42. The van der Waals surface area contributed by atoms with Crippen molar-refractivity contribution < 1.29 is 14.1 Å². The van der Waals surface area contributed by atoms with E-state index in [0.717, 1.165) is 11.0 Å². The van der Waals surface area contributed by atoms with Crippen LogP contribution in [0.1, 0.15) is 40.2 Å². The molecule has 2 rings (SSSR count). The summed E-state index contributed by atoms with van der Waals surface area (Å²) in [7, 11) is -0.481. The van der Waals surface area contributed by atoms with Gasteiger partial charge < -0.3 is 14.6 Å². The van der Waals surface area contributed by atoms with Gasteiger partial charge in [-0.05, 0) is 50.9 Å². The van der Waals surface area contributed by atoms with Crippen LogP contribution in [0.4, 0.5) is 0 Å². The van der Waals surface area contributed by atoms with Crippen LogP contribution in [0, 0.1) is 0 Å². The fraction of sp³-hybridized carbons (Fsp3) is 0.500. The van der Waals surface area contributed by atoms with E-state index in [1.165, 1.54) is 6.92 Å². The highest BCUT2D eigenvalue weighted by Gasteiger charge is 2.52. The summed E-state index contributed by atoms with van der Waals surface area (Å²) in [6.45, 7) is 9.92. The third-order valence-electron chi connectivity index (χ3n) is 4.16. The number of carbonyl (C=O) groups excluding carboxylic acids is 1. The number of nitrogens with one attached hydrogen (secondary N) is 1. The summed E-state index contributed by atoms with van der Waals surface area (Å²) in [6, 6.07) is 3.80. The van der Waals surface area contributed by atoms with Crippen molar-refractivity contribution >= 4 is 19.1 Å². The summed E-state index contributed by atoms with van der Waals surface area (Å²) in [5, 5.41) is 2.81. The lowest BCUT2D eigenvalue weighted by atomic mass is 9.77. The molecule has 0 bridgehead atoms. The highest BCUT2D eigenvalue weighted by atomic mass is 16.7. The van der Waals surface area contributed by atoms with E-state index in [-0.39, 0.29) is 5.91 Å². The number of aromatic nitrogens is 1. The lowest BCUT2D eigenvalue weighted by molar-refractivity contribution is -0.118. The van der Waals surface area contributed by atoms with Crippen LogP contribution in [0.5, 0.6) is 0 Å². The predicted molar refractivity (Wildman–Crippen MR) is 87.0 cm³/mol. The molecule has 1 aliphatic rings. The zero-order valence-corrected chi connectivity index (χ0v) is 13.8. The van der Waals surface area contributed by atoms with Gasteiger partial charge in [-0.1, -0.05) is 6.08 Å². The summed E-state index contributed by atoms with van der Waals surface area (Å²) in [4.78, 5) is 15.2. The van der Waals surface area contributed by atoms with Gasteiger partial charge in [-0.3, -0.25) is 9.78 Å². The molecule has 0 saturated carbocycles. The van der Waals surface area contributed by atoms with Gasteiger partial charge in [-0.25, -0.2) is 0 Å². The van der Waals surface area contributed by atoms with Crippen LogP contribution < -0.4 is 5.32 Å². The van der Waals surface area contributed by atoms with E-state index in [1.54, 1.807) is 12.4 Å². The van der Waals surface area contributed by atoms with Crippen molar-refractivity contribution in [1.29, 1.82) is 0 Å². The molecule has 5 nitrogen and oxygen atoms in total. The molecule has 6 heteroatoms. The SMILES string of the molecule is CC(=O)NCC(=Cc1ccncc1)B1OC(C)(C)C(C)(C)O1. The molecule has 0 radical (unpaired) electrons. The molecule has 0 aromatic carbocycles. The van der Waals surface area contributed by atoms with Crippen molar-refractivity contribution in [2.24, 2.45) is 0 Å². The van der Waals surface area contributed by atoms with Crippen molar-refractivity contribution in [1.82, 2.24) is 10.3 Å². The molecule has 0 unspecified atom stereocenters. The molecule has 1 aromatic rings. The first-order valence-corrected chi connectivity index (χ1v) is 7.42. The molecule has 0 atom stereocenters. The van der Waals surface area contributed by atoms with E-state index in [4.69, 9.17) is 9.31 Å². The molecular formula is C16H23BN2O3. The Labute approximate surface area is 132 Å². The number of hydrogen-bond acceptors (Lipinski definition) is 4. The van der Waals surface area contributed by atoms with Crippen LogP contribution in [0.25, 0.3) is 6.08 Å². The van der Waals surface area contributed by atoms with Gasteiger partial charge in [0.15, 0.2) is 0 Å². The van der Waals surface area contributed by atoms with Gasteiger partial charge >= 0.3 is 7.12 Å². The van der Waals surface area contributed by atoms with Crippen LogP contribution >= 0.6 is 0 Å². The molecule has 2 heterocycles. The van der Waals surface area contributed by atoms with E-state index < -0.39 is 18.3 Å². The second kappa shape index (κ2) is 6.22. The molecule has 118 valence electrons. The number of pyridine rings is 1. The maximum absolute atomic E-state index is 11.2. The van der Waals surface area contributed by atoms with Gasteiger partial charge in [-0.15, -0.1) is 0 Å². The average molecular weight is 302 g/mol. The Kier molecular flexibility index (Phi) is 4.73. The van der Waals surface area contributed by atoms with Gasteiger partial charge in [0.05, 0.1) is 11.2 Å². The summed E-state index contributed by atoms with van der Waals surface area (Å²) in [5.74, 6) is -0.0860. The maximum Gasteiger partial charge on any atom is 0.492 e. The van der Waals surface area contributed by atoms with Gasteiger partial charge in [0.2, 0.25) is 5.91 Å². The molecule has 1 amide bonds. The smallest absolute Gasteiger partial charge is 0.400 e. The zero-order valence-electron chi connectivity index (χ0n) is 13.8. The fourth-order valence-corrected chi connectivity index (χ4v) is 2.10. The minimum atomic E-state index is -0.481. The van der Waals surface area contributed by atoms with Crippen molar-refractivity contribution in [2.75, 3.05) is 6.54 Å². The minimum Gasteiger partial charge on any atom is -0.400 e. The average Bonchev–Trinajstić information content (AvgIpc) is 2.64. The first-order chi connectivity index (χ1) is 10.2. The largest absolute Gasteiger partial charge is 0.492 e. The number of rotatable bonds is 4. The van der Waals surface area contributed by atoms with E-state index in [1.807, 2.05) is 45.9 Å². The van der Waals surface area contributed by atoms with E-state index >= 15 is 0 Å². The van der Waals surface area contributed by atoms with Gasteiger partial charge in [0.25, 0.3) is 0 Å². The highest BCUT2D eigenvalue weighted by Crippen LogP contribution is 2.38. The third-order valence-corrected chi connectivity index (χ3v) is 4.16. The topological polar surface area (TPSA) is 60.5 Å². The second-order valence-corrected chi connectivity index (χ2v) is 6.50. The third kappa shape index (κ3) is 3.75. The Morgan fingerprint density at radius 1 is 1.23 bits per heavy atom. The number of amides is 1. The highest BCUT2D eigenvalue weighted by molar-refractivity contribution is 6.56. The summed E-state index contributed by atoms with van der Waals surface area (Å²) >= 11 is 0. The van der Waals surface area contributed by atoms with E-state index in [9.17, 15) is 4.79 Å². The molecule has 1 aromatic heterocycles. The Balaban J connectivity index is 2.26. The van der Waals surface area contributed by atoms with E-state index in [2.05, 4.69) is 10.3 Å². The Hall–Kier alpha value is -1.66. The molecular weight excluding hydrogens is 279 g/mol. The van der Waals surface area contributed by atoms with Crippen LogP contribution in [0.3, 0.4) is 0 Å². The fourth-order valence-electron chi connectivity index (χ4n) is 2.10. The number of hydrogen-bond donors (Lipinski definition) is 1. The quantitative estimate of drug-likeness (QED) is 0.867. The lowest BCUT2D eigenvalue weighted by Crippen LogP contribution is -2.41. The molecule has 1 saturated heterocycles. The van der Waals surface area contributed by atoms with Crippen LogP contribution in [0.2, 0.25) is 0 Å². The zero-order chi connectivity index (χ0) is 16.4. The Morgan fingerprint density at radius 3 is 2.27 bits per heavy atom. The molecule has 1 aliphatic heterocycles. The first kappa shape index (κ1) is 16.7. The summed E-state index contributed by atoms with van der Waals surface area (Å²) in [5.41, 5.74) is 1.04. The van der Waals surface area contributed by atoms with Crippen molar-refractivity contribution in [3.8, 4) is 0 Å². The normalized spacial score (nSPS) is 20.0. The predicted octanol–water partition coefficient (Wildman–Crippen LogP) is 2.23. The van der Waals surface area contributed by atoms with Crippen LogP contribution in [-0.2, 0) is 14.1 Å². The van der Waals surface area contributed by atoms with Gasteiger partial charge in [0.1, 0.15) is 0 Å². The standard InChI is InChI=1S/C16H23BN2O3/c1-12(20)19-11-14(10-13-6-8-18-9-7-13)17-21-15(2,3)16(4,5)22-17/h6-10H,11H2,1-5H3,(H,19,20).